The van der Waals surface area contributed by atoms with Crippen molar-refractivity contribution in [1.82, 2.24) is 15.5 Å². The summed E-state index contributed by atoms with van der Waals surface area (Å²) in [7, 11) is 1.74. The summed E-state index contributed by atoms with van der Waals surface area (Å²) >= 11 is 0. The van der Waals surface area contributed by atoms with Crippen molar-refractivity contribution in [3.05, 3.63) is 30.1 Å². The Kier molecular flexibility index (Phi) is 8.36. The molecular weight excluding hydrogens is 345 g/mol. The highest BCUT2D eigenvalue weighted by Gasteiger charge is 2.21. The van der Waals surface area contributed by atoms with Crippen LogP contribution in [0.5, 0.6) is 0 Å². The molecule has 1 aliphatic rings. The van der Waals surface area contributed by atoms with Crippen LogP contribution in [0.1, 0.15) is 26.7 Å². The van der Waals surface area contributed by atoms with E-state index in [1.807, 2.05) is 4.90 Å². The molecule has 0 spiro atoms. The lowest BCUT2D eigenvalue weighted by Crippen LogP contribution is -2.49. The maximum Gasteiger partial charge on any atom is 0.224 e. The zero-order valence-electron chi connectivity index (χ0n) is 16.7. The fourth-order valence-corrected chi connectivity index (χ4v) is 3.01. The zero-order chi connectivity index (χ0) is 19.6. The second kappa shape index (κ2) is 10.7. The summed E-state index contributed by atoms with van der Waals surface area (Å²) in [6.45, 7) is 8.73. The van der Waals surface area contributed by atoms with E-state index in [1.54, 1.807) is 19.2 Å². The maximum atomic E-state index is 13.0. The summed E-state index contributed by atoms with van der Waals surface area (Å²) in [6, 6.07) is 6.52. The molecule has 1 heterocycles. The van der Waals surface area contributed by atoms with E-state index in [0.717, 1.165) is 37.7 Å². The van der Waals surface area contributed by atoms with E-state index < -0.39 is 0 Å². The van der Waals surface area contributed by atoms with Crippen molar-refractivity contribution in [2.45, 2.75) is 26.7 Å². The molecule has 1 amide bonds. The summed E-state index contributed by atoms with van der Waals surface area (Å²) in [5.74, 6) is 1.31. The van der Waals surface area contributed by atoms with Crippen LogP contribution >= 0.6 is 0 Å². The highest BCUT2D eigenvalue weighted by molar-refractivity contribution is 5.81. The van der Waals surface area contributed by atoms with E-state index in [-0.39, 0.29) is 11.7 Å². The van der Waals surface area contributed by atoms with Crippen molar-refractivity contribution >= 4 is 17.6 Å². The largest absolute Gasteiger partial charge is 0.368 e. The highest BCUT2D eigenvalue weighted by atomic mass is 19.1. The number of piperazine rings is 1. The van der Waals surface area contributed by atoms with E-state index in [1.165, 1.54) is 12.1 Å². The van der Waals surface area contributed by atoms with E-state index in [2.05, 4.69) is 34.4 Å². The van der Waals surface area contributed by atoms with Crippen LogP contribution in [0.4, 0.5) is 10.1 Å². The first kappa shape index (κ1) is 21.0. The number of carbonyl (C=O) groups excluding carboxylic acids is 1. The van der Waals surface area contributed by atoms with Crippen LogP contribution < -0.4 is 15.5 Å². The summed E-state index contributed by atoms with van der Waals surface area (Å²) in [4.78, 5) is 20.7. The molecule has 0 aromatic heterocycles. The number of halogens is 1. The molecule has 2 rings (SSSR count). The minimum atomic E-state index is -0.228. The smallest absolute Gasteiger partial charge is 0.224 e. The fraction of sp³-hybridized carbons (Fsp3) is 0.600. The first-order valence-corrected chi connectivity index (χ1v) is 9.72. The number of rotatable bonds is 7. The molecule has 0 unspecified atom stereocenters. The van der Waals surface area contributed by atoms with E-state index >= 15 is 0 Å². The third-order valence-electron chi connectivity index (χ3n) is 4.69. The number of aliphatic imine (C=N–C) groups is 1. The Balaban J connectivity index is 1.67. The third-order valence-corrected chi connectivity index (χ3v) is 4.69. The summed E-state index contributed by atoms with van der Waals surface area (Å²) in [5, 5.41) is 6.46. The molecule has 150 valence electrons. The van der Waals surface area contributed by atoms with Gasteiger partial charge < -0.3 is 20.4 Å². The SMILES string of the molecule is CN=C(NCCC(=O)N1CCN(c2ccc(F)cc2)CC1)NCCC(C)C. The van der Waals surface area contributed by atoms with Crippen molar-refractivity contribution in [3.63, 3.8) is 0 Å². The number of anilines is 1. The van der Waals surface area contributed by atoms with Crippen molar-refractivity contribution in [1.29, 1.82) is 0 Å². The van der Waals surface area contributed by atoms with Crippen LogP contribution in [0.15, 0.2) is 29.3 Å². The molecule has 1 saturated heterocycles. The van der Waals surface area contributed by atoms with Gasteiger partial charge in [-0.3, -0.25) is 9.79 Å². The molecule has 0 aliphatic carbocycles. The molecule has 2 N–H and O–H groups in total. The average molecular weight is 378 g/mol. The molecule has 1 aliphatic heterocycles. The molecule has 7 heteroatoms. The first-order valence-electron chi connectivity index (χ1n) is 9.72. The van der Waals surface area contributed by atoms with Gasteiger partial charge in [0.05, 0.1) is 0 Å². The number of hydrogen-bond acceptors (Lipinski definition) is 3. The van der Waals surface area contributed by atoms with Gasteiger partial charge in [-0.1, -0.05) is 13.8 Å². The monoisotopic (exact) mass is 377 g/mol. The molecule has 0 bridgehead atoms. The fourth-order valence-electron chi connectivity index (χ4n) is 3.01. The molecule has 1 aromatic rings. The molecular formula is C20H32FN5O. The van der Waals surface area contributed by atoms with Gasteiger partial charge in [-0.2, -0.15) is 0 Å². The minimum absolute atomic E-state index is 0.152. The van der Waals surface area contributed by atoms with Gasteiger partial charge in [0, 0.05) is 58.4 Å². The van der Waals surface area contributed by atoms with Gasteiger partial charge in [-0.05, 0) is 36.6 Å². The van der Waals surface area contributed by atoms with E-state index in [0.29, 0.717) is 32.0 Å². The second-order valence-corrected chi connectivity index (χ2v) is 7.20. The Morgan fingerprint density at radius 1 is 1.11 bits per heavy atom. The molecule has 1 aromatic carbocycles. The van der Waals surface area contributed by atoms with Crippen LogP contribution in [-0.2, 0) is 4.79 Å². The van der Waals surface area contributed by atoms with Crippen LogP contribution in [0.3, 0.4) is 0 Å². The lowest BCUT2D eigenvalue weighted by Gasteiger charge is -2.36. The average Bonchev–Trinajstić information content (AvgIpc) is 2.67. The molecule has 0 radical (unpaired) electrons. The van der Waals surface area contributed by atoms with Crippen LogP contribution in [-0.4, -0.2) is 63.1 Å². The number of carbonyl (C=O) groups is 1. The number of nitrogens with one attached hydrogen (secondary N) is 2. The predicted octanol–water partition coefficient (Wildman–Crippen LogP) is 2.08. The van der Waals surface area contributed by atoms with Crippen molar-refractivity contribution in [2.24, 2.45) is 10.9 Å². The number of benzene rings is 1. The normalized spacial score (nSPS) is 15.2. The van der Waals surface area contributed by atoms with Gasteiger partial charge in [0.25, 0.3) is 0 Å². The van der Waals surface area contributed by atoms with Crippen LogP contribution in [0.25, 0.3) is 0 Å². The van der Waals surface area contributed by atoms with E-state index in [4.69, 9.17) is 0 Å². The Labute approximate surface area is 161 Å². The Morgan fingerprint density at radius 2 is 1.74 bits per heavy atom. The lowest BCUT2D eigenvalue weighted by atomic mass is 10.1. The van der Waals surface area contributed by atoms with E-state index in [9.17, 15) is 9.18 Å². The minimum Gasteiger partial charge on any atom is -0.368 e. The summed E-state index contributed by atoms with van der Waals surface area (Å²) in [6.07, 6.45) is 1.53. The number of nitrogens with zero attached hydrogens (tertiary/aromatic N) is 3. The molecule has 0 atom stereocenters. The van der Waals surface area contributed by atoms with Crippen molar-refractivity contribution in [3.8, 4) is 0 Å². The molecule has 0 saturated carbocycles. The summed E-state index contributed by atoms with van der Waals surface area (Å²) in [5.41, 5.74) is 1.00. The maximum absolute atomic E-state index is 13.0. The third kappa shape index (κ3) is 7.07. The van der Waals surface area contributed by atoms with Gasteiger partial charge in [0.1, 0.15) is 5.82 Å². The van der Waals surface area contributed by atoms with Crippen LogP contribution in [0.2, 0.25) is 0 Å². The van der Waals surface area contributed by atoms with Gasteiger partial charge in [0.2, 0.25) is 5.91 Å². The van der Waals surface area contributed by atoms with Crippen molar-refractivity contribution in [2.75, 3.05) is 51.2 Å². The highest BCUT2D eigenvalue weighted by Crippen LogP contribution is 2.17. The van der Waals surface area contributed by atoms with Gasteiger partial charge >= 0.3 is 0 Å². The van der Waals surface area contributed by atoms with Gasteiger partial charge in [-0.25, -0.2) is 4.39 Å². The second-order valence-electron chi connectivity index (χ2n) is 7.20. The first-order chi connectivity index (χ1) is 13.0. The van der Waals surface area contributed by atoms with Gasteiger partial charge in [0.15, 0.2) is 5.96 Å². The lowest BCUT2D eigenvalue weighted by molar-refractivity contribution is -0.131. The zero-order valence-corrected chi connectivity index (χ0v) is 16.7. The number of guanidine groups is 1. The Hall–Kier alpha value is -2.31. The number of hydrogen-bond donors (Lipinski definition) is 2. The van der Waals surface area contributed by atoms with Crippen LogP contribution in [0, 0.1) is 11.7 Å². The quantitative estimate of drug-likeness (QED) is 0.564. The van der Waals surface area contributed by atoms with Crippen molar-refractivity contribution < 1.29 is 9.18 Å². The topological polar surface area (TPSA) is 60.0 Å². The molecule has 27 heavy (non-hydrogen) atoms. The van der Waals surface area contributed by atoms with Gasteiger partial charge in [-0.15, -0.1) is 0 Å². The molecule has 1 fully saturated rings. The standard InChI is InChI=1S/C20H32FN5O/c1-16(2)8-10-23-20(22-3)24-11-9-19(27)26-14-12-25(13-15-26)18-6-4-17(21)5-7-18/h4-7,16H,8-15H2,1-3H3,(H2,22,23,24). The Morgan fingerprint density at radius 3 is 2.33 bits per heavy atom. The molecule has 6 nitrogen and oxygen atoms in total. The predicted molar refractivity (Wildman–Crippen MR) is 109 cm³/mol. The Bertz CT molecular complexity index is 609. The summed E-state index contributed by atoms with van der Waals surface area (Å²) < 4.78 is 13.0. The number of amides is 1.